The predicted octanol–water partition coefficient (Wildman–Crippen LogP) is 5.91. The summed E-state index contributed by atoms with van der Waals surface area (Å²) in [5.74, 6) is 3.79. The van der Waals surface area contributed by atoms with Crippen LogP contribution in [0, 0.1) is 46.3 Å². The number of carbonyl (C=O) groups excluding carboxylic acids is 2. The number of carboxylic acids is 1. The summed E-state index contributed by atoms with van der Waals surface area (Å²) in [6, 6.07) is 0. The second kappa shape index (κ2) is 11.7. The zero-order chi connectivity index (χ0) is 25.8. The van der Waals surface area contributed by atoms with Gasteiger partial charge in [-0.15, -0.1) is 0 Å². The number of ether oxygens (including phenoxy) is 2. The smallest absolute Gasteiger partial charge is 0.341 e. The fourth-order valence-electron chi connectivity index (χ4n) is 8.65. The highest BCUT2D eigenvalue weighted by molar-refractivity contribution is 5.79. The number of hydrogen-bond acceptors (Lipinski definition) is 5. The van der Waals surface area contributed by atoms with E-state index in [0.717, 1.165) is 29.6 Å². The van der Waals surface area contributed by atoms with E-state index in [1.54, 1.807) is 0 Å². The molecule has 1 N–H and O–H groups in total. The first kappa shape index (κ1) is 28.1. The third kappa shape index (κ3) is 6.11. The van der Waals surface area contributed by atoms with Crippen LogP contribution in [0.1, 0.15) is 98.8 Å². The Morgan fingerprint density at radius 3 is 2.29 bits per heavy atom. The van der Waals surface area contributed by atoms with Crippen LogP contribution in [0.2, 0.25) is 0 Å². The highest BCUT2D eigenvalue weighted by Gasteiger charge is 2.60. The maximum absolute atomic E-state index is 12.2. The lowest BCUT2D eigenvalue weighted by Gasteiger charge is -2.61. The van der Waals surface area contributed by atoms with Gasteiger partial charge in [-0.25, -0.2) is 4.79 Å². The molecule has 0 bridgehead atoms. The van der Waals surface area contributed by atoms with Crippen molar-refractivity contribution in [2.75, 3.05) is 19.8 Å². The van der Waals surface area contributed by atoms with Gasteiger partial charge >= 0.3 is 11.9 Å². The molecular weight excluding hydrogens is 444 g/mol. The van der Waals surface area contributed by atoms with Crippen molar-refractivity contribution in [2.24, 2.45) is 46.3 Å². The summed E-state index contributed by atoms with van der Waals surface area (Å²) in [6.07, 6.45) is 12.7. The fourth-order valence-corrected chi connectivity index (χ4v) is 8.65. The van der Waals surface area contributed by atoms with E-state index in [4.69, 9.17) is 9.84 Å². The van der Waals surface area contributed by atoms with Crippen LogP contribution in [0.3, 0.4) is 0 Å². The Hall–Kier alpha value is -1.43. The highest BCUT2D eigenvalue weighted by atomic mass is 16.6. The maximum Gasteiger partial charge on any atom is 0.341 e. The summed E-state index contributed by atoms with van der Waals surface area (Å²) in [5, 5.41) is 8.13. The van der Waals surface area contributed by atoms with E-state index >= 15 is 0 Å². The molecular formula is C29H48O6. The van der Waals surface area contributed by atoms with Crippen molar-refractivity contribution >= 4 is 17.7 Å². The quantitative estimate of drug-likeness (QED) is 0.351. The van der Waals surface area contributed by atoms with Gasteiger partial charge < -0.3 is 14.6 Å². The van der Waals surface area contributed by atoms with Crippen molar-refractivity contribution in [1.29, 1.82) is 0 Å². The van der Waals surface area contributed by atoms with Crippen molar-refractivity contribution in [2.45, 2.75) is 98.8 Å². The number of esters is 1. The third-order valence-corrected chi connectivity index (χ3v) is 10.4. The molecule has 4 aliphatic rings. The van der Waals surface area contributed by atoms with E-state index < -0.39 is 18.5 Å². The lowest BCUT2D eigenvalue weighted by atomic mass is 9.44. The summed E-state index contributed by atoms with van der Waals surface area (Å²) >= 11 is 0. The molecule has 35 heavy (non-hydrogen) atoms. The Morgan fingerprint density at radius 2 is 1.63 bits per heavy atom. The highest BCUT2D eigenvalue weighted by Crippen LogP contribution is 2.67. The summed E-state index contributed by atoms with van der Waals surface area (Å²) in [6.45, 7) is 11.5. The lowest BCUT2D eigenvalue weighted by Crippen LogP contribution is -2.53. The first-order valence-corrected chi connectivity index (χ1v) is 14.0. The molecule has 200 valence electrons. The molecule has 0 aromatic rings. The van der Waals surface area contributed by atoms with Crippen molar-refractivity contribution in [1.82, 2.24) is 0 Å². The maximum atomic E-state index is 12.2. The molecule has 6 heteroatoms. The van der Waals surface area contributed by atoms with E-state index in [0.29, 0.717) is 29.1 Å². The predicted molar refractivity (Wildman–Crippen MR) is 135 cm³/mol. The molecule has 4 saturated carbocycles. The van der Waals surface area contributed by atoms with E-state index in [1.807, 2.05) is 13.8 Å². The molecule has 4 aliphatic carbocycles. The number of aliphatic carboxylic acids is 1. The SMILES string of the molecule is CC(=O)C1CCC2C3CCC4CC(C)CCC4(C)C3CCC12C.CCOCCC(=O)OCC(=O)O. The van der Waals surface area contributed by atoms with Gasteiger partial charge in [0.25, 0.3) is 0 Å². The van der Waals surface area contributed by atoms with Gasteiger partial charge in [-0.3, -0.25) is 9.59 Å². The van der Waals surface area contributed by atoms with Crippen LogP contribution in [-0.2, 0) is 23.9 Å². The molecule has 6 nitrogen and oxygen atoms in total. The summed E-state index contributed by atoms with van der Waals surface area (Å²) < 4.78 is 9.19. The van der Waals surface area contributed by atoms with Crippen LogP contribution in [0.15, 0.2) is 0 Å². The average molecular weight is 493 g/mol. The molecule has 0 aliphatic heterocycles. The second-order valence-electron chi connectivity index (χ2n) is 12.3. The molecule has 0 aromatic carbocycles. The Kier molecular flexibility index (Phi) is 9.45. The fraction of sp³-hybridized carbons (Fsp3) is 0.897. The number of carbonyl (C=O) groups is 3. The van der Waals surface area contributed by atoms with E-state index in [-0.39, 0.29) is 13.0 Å². The lowest BCUT2D eigenvalue weighted by molar-refractivity contribution is -0.155. The van der Waals surface area contributed by atoms with Crippen molar-refractivity contribution in [3.63, 3.8) is 0 Å². The monoisotopic (exact) mass is 492 g/mol. The summed E-state index contributed by atoms with van der Waals surface area (Å²) in [5.41, 5.74) is 0.948. The normalized spacial score (nSPS) is 39.8. The van der Waals surface area contributed by atoms with Crippen LogP contribution < -0.4 is 0 Å². The number of hydrogen-bond donors (Lipinski definition) is 1. The standard InChI is InChI=1S/C22H36O.C7H12O5/c1-14-9-11-21(3)16(13-14)5-6-17-19-8-7-18(15(2)23)22(19,4)12-10-20(17)21;1-2-11-4-3-7(10)12-5-6(8)9/h14,16-20H,5-13H2,1-4H3;2-5H2,1H3,(H,8,9). The van der Waals surface area contributed by atoms with Gasteiger partial charge in [0, 0.05) is 12.5 Å². The van der Waals surface area contributed by atoms with Crippen LogP contribution in [0.5, 0.6) is 0 Å². The molecule has 4 fully saturated rings. The van der Waals surface area contributed by atoms with E-state index in [9.17, 15) is 14.4 Å². The zero-order valence-electron chi connectivity index (χ0n) is 22.6. The second-order valence-corrected chi connectivity index (χ2v) is 12.3. The minimum atomic E-state index is -1.15. The number of carboxylic acid groups (broad SMARTS) is 1. The first-order chi connectivity index (χ1) is 16.5. The molecule has 0 saturated heterocycles. The first-order valence-electron chi connectivity index (χ1n) is 14.0. The Morgan fingerprint density at radius 1 is 0.943 bits per heavy atom. The molecule has 8 unspecified atom stereocenters. The third-order valence-electron chi connectivity index (χ3n) is 10.4. The van der Waals surface area contributed by atoms with E-state index in [1.165, 1.54) is 57.8 Å². The van der Waals surface area contributed by atoms with Crippen LogP contribution >= 0.6 is 0 Å². The molecule has 0 radical (unpaired) electrons. The molecule has 8 atom stereocenters. The number of fused-ring (bicyclic) bond motifs is 5. The van der Waals surface area contributed by atoms with Gasteiger partial charge in [-0.2, -0.15) is 0 Å². The summed E-state index contributed by atoms with van der Waals surface area (Å²) in [7, 11) is 0. The topological polar surface area (TPSA) is 89.9 Å². The van der Waals surface area contributed by atoms with Gasteiger partial charge in [0.2, 0.25) is 0 Å². The number of rotatable bonds is 7. The van der Waals surface area contributed by atoms with Gasteiger partial charge in [-0.1, -0.05) is 27.2 Å². The van der Waals surface area contributed by atoms with Gasteiger partial charge in [-0.05, 0) is 106 Å². The minimum Gasteiger partial charge on any atom is -0.479 e. The Labute approximate surface area is 211 Å². The van der Waals surface area contributed by atoms with Gasteiger partial charge in [0.05, 0.1) is 13.0 Å². The van der Waals surface area contributed by atoms with E-state index in [2.05, 4.69) is 25.5 Å². The Balaban J connectivity index is 0.000000245. The average Bonchev–Trinajstić information content (AvgIpc) is 3.16. The minimum absolute atomic E-state index is 0.0983. The molecule has 0 heterocycles. The Bertz CT molecular complexity index is 764. The van der Waals surface area contributed by atoms with Crippen molar-refractivity contribution in [3.8, 4) is 0 Å². The number of ketones is 1. The van der Waals surface area contributed by atoms with Crippen LogP contribution in [0.25, 0.3) is 0 Å². The van der Waals surface area contributed by atoms with Crippen LogP contribution in [0.4, 0.5) is 0 Å². The van der Waals surface area contributed by atoms with Gasteiger partial charge in [0.15, 0.2) is 6.61 Å². The van der Waals surface area contributed by atoms with Gasteiger partial charge in [0.1, 0.15) is 5.78 Å². The molecule has 4 rings (SSSR count). The number of Topliss-reactive ketones (excluding diaryl/α,β-unsaturated/α-hetero) is 1. The summed E-state index contributed by atoms with van der Waals surface area (Å²) in [4.78, 5) is 32.8. The van der Waals surface area contributed by atoms with Crippen molar-refractivity contribution in [3.05, 3.63) is 0 Å². The largest absolute Gasteiger partial charge is 0.479 e. The molecule has 0 aromatic heterocycles. The van der Waals surface area contributed by atoms with Crippen LogP contribution in [-0.4, -0.2) is 42.6 Å². The molecule has 0 spiro atoms. The van der Waals surface area contributed by atoms with Crippen molar-refractivity contribution < 1.29 is 29.0 Å². The molecule has 0 amide bonds. The zero-order valence-corrected chi connectivity index (χ0v) is 22.6.